The molecule has 3 amide bonds. The fourth-order valence-corrected chi connectivity index (χ4v) is 4.97. The number of ketones is 1. The molecule has 11 nitrogen and oxygen atoms in total. The van der Waals surface area contributed by atoms with Gasteiger partial charge in [-0.2, -0.15) is 13.2 Å². The summed E-state index contributed by atoms with van der Waals surface area (Å²) in [5, 5.41) is 16.1. The molecular formula is C31H35F3N6O5. The Hall–Kier alpha value is -4.72. The molecule has 2 unspecified atom stereocenters. The van der Waals surface area contributed by atoms with Gasteiger partial charge in [0.15, 0.2) is 0 Å². The standard InChI is InChI=1S/C31H35F3N6O5/c1-2-26(41)39-25(15-19-7-9-20(10-8-19)29(35)40-11-13-45-14-12-40)30(44)37-18-27(42)38-24(28(43)31(32,33)34)16-21-17-36-23-6-4-3-5-22(21)23/h3-10,17,24-25,35-36H,2,11-16,18H2,1H3,(H,37,44)(H,38,42)(H,39,41). The fourth-order valence-electron chi connectivity index (χ4n) is 4.97. The maximum Gasteiger partial charge on any atom is 0.452 e. The van der Waals surface area contributed by atoms with E-state index in [4.69, 9.17) is 10.1 Å². The quantitative estimate of drug-likeness (QED) is 0.153. The molecule has 1 saturated heterocycles. The summed E-state index contributed by atoms with van der Waals surface area (Å²) >= 11 is 0. The van der Waals surface area contributed by atoms with Crippen molar-refractivity contribution in [2.24, 2.45) is 0 Å². The maximum atomic E-state index is 13.4. The Kier molecular flexibility index (Phi) is 10.9. The van der Waals surface area contributed by atoms with Gasteiger partial charge in [-0.3, -0.25) is 24.6 Å². The van der Waals surface area contributed by atoms with Crippen molar-refractivity contribution in [3.05, 3.63) is 71.4 Å². The van der Waals surface area contributed by atoms with Crippen LogP contribution in [0.15, 0.2) is 54.7 Å². The number of nitrogens with zero attached hydrogens (tertiary/aromatic N) is 1. The normalized spacial score (nSPS) is 14.8. The van der Waals surface area contributed by atoms with Gasteiger partial charge in [-0.05, 0) is 17.2 Å². The molecule has 5 N–H and O–H groups in total. The molecule has 1 aliphatic heterocycles. The maximum absolute atomic E-state index is 13.4. The van der Waals surface area contributed by atoms with Crippen LogP contribution in [0.4, 0.5) is 13.2 Å². The molecule has 1 aromatic heterocycles. The number of halogens is 3. The van der Waals surface area contributed by atoms with Crippen LogP contribution in [0.25, 0.3) is 10.9 Å². The summed E-state index contributed by atoms with van der Waals surface area (Å²) in [7, 11) is 0. The summed E-state index contributed by atoms with van der Waals surface area (Å²) in [6.07, 6.45) is -3.99. The van der Waals surface area contributed by atoms with Gasteiger partial charge >= 0.3 is 6.18 Å². The number of rotatable bonds is 12. The van der Waals surface area contributed by atoms with E-state index in [1.165, 1.54) is 6.20 Å². The molecule has 0 spiro atoms. The van der Waals surface area contributed by atoms with E-state index in [-0.39, 0.29) is 12.8 Å². The highest BCUT2D eigenvalue weighted by molar-refractivity contribution is 5.97. The van der Waals surface area contributed by atoms with Gasteiger partial charge in [0.25, 0.3) is 5.78 Å². The van der Waals surface area contributed by atoms with Gasteiger partial charge in [0.2, 0.25) is 17.7 Å². The molecular weight excluding hydrogens is 593 g/mol. The average Bonchev–Trinajstić information content (AvgIpc) is 3.45. The lowest BCUT2D eigenvalue weighted by molar-refractivity contribution is -0.173. The number of hydrogen-bond acceptors (Lipinski definition) is 6. The number of amidine groups is 1. The third-order valence-electron chi connectivity index (χ3n) is 7.42. The lowest BCUT2D eigenvalue weighted by atomic mass is 10.0. The first kappa shape index (κ1) is 33.2. The lowest BCUT2D eigenvalue weighted by Crippen LogP contribution is -2.53. The number of fused-ring (bicyclic) bond motifs is 1. The summed E-state index contributed by atoms with van der Waals surface area (Å²) in [5.74, 6) is -3.92. The van der Waals surface area contributed by atoms with Crippen molar-refractivity contribution < 1.29 is 37.1 Å². The predicted molar refractivity (Wildman–Crippen MR) is 160 cm³/mol. The molecule has 1 fully saturated rings. The SMILES string of the molecule is CCC(=O)NC(Cc1ccc(C(=N)N2CCOCC2)cc1)C(=O)NCC(=O)NC(Cc1c[nH]c2ccccc12)C(=O)C(F)(F)F. The number of aromatic nitrogens is 1. The molecule has 14 heteroatoms. The summed E-state index contributed by atoms with van der Waals surface area (Å²) < 4.78 is 45.5. The highest BCUT2D eigenvalue weighted by Gasteiger charge is 2.44. The van der Waals surface area contributed by atoms with Gasteiger partial charge in [-0.25, -0.2) is 0 Å². The van der Waals surface area contributed by atoms with Crippen LogP contribution in [0.2, 0.25) is 0 Å². The number of ether oxygens (including phenoxy) is 1. The Morgan fingerprint density at radius 2 is 1.62 bits per heavy atom. The number of amides is 3. The first-order chi connectivity index (χ1) is 21.5. The van der Waals surface area contributed by atoms with Crippen LogP contribution < -0.4 is 16.0 Å². The Labute approximate surface area is 257 Å². The Bertz CT molecular complexity index is 1530. The predicted octanol–water partition coefficient (Wildman–Crippen LogP) is 2.24. The van der Waals surface area contributed by atoms with Crippen molar-refractivity contribution in [1.29, 1.82) is 5.41 Å². The van der Waals surface area contributed by atoms with E-state index in [0.717, 1.165) is 0 Å². The third kappa shape index (κ3) is 8.91. The smallest absolute Gasteiger partial charge is 0.378 e. The van der Waals surface area contributed by atoms with Crippen LogP contribution in [0.5, 0.6) is 0 Å². The number of benzene rings is 2. The van der Waals surface area contributed by atoms with Gasteiger partial charge in [-0.1, -0.05) is 49.4 Å². The molecule has 45 heavy (non-hydrogen) atoms. The summed E-state index contributed by atoms with van der Waals surface area (Å²) in [5.41, 5.74) is 2.41. The van der Waals surface area contributed by atoms with E-state index in [1.807, 2.05) is 4.90 Å². The van der Waals surface area contributed by atoms with Gasteiger partial charge in [0.05, 0.1) is 19.8 Å². The molecule has 3 aromatic rings. The van der Waals surface area contributed by atoms with E-state index in [2.05, 4.69) is 20.9 Å². The van der Waals surface area contributed by atoms with Gasteiger partial charge < -0.3 is 30.6 Å². The van der Waals surface area contributed by atoms with E-state index in [1.54, 1.807) is 55.5 Å². The molecule has 0 radical (unpaired) electrons. The Morgan fingerprint density at radius 3 is 2.29 bits per heavy atom. The molecule has 4 rings (SSSR count). The van der Waals surface area contributed by atoms with Crippen molar-refractivity contribution in [1.82, 2.24) is 25.8 Å². The van der Waals surface area contributed by atoms with E-state index < -0.39 is 54.7 Å². The molecule has 1 aliphatic rings. The Morgan fingerprint density at radius 1 is 0.956 bits per heavy atom. The first-order valence-electron chi connectivity index (χ1n) is 14.5. The number of morpholine rings is 1. The van der Waals surface area contributed by atoms with Gasteiger partial charge in [0, 0.05) is 55.0 Å². The number of carbonyl (C=O) groups is 4. The van der Waals surface area contributed by atoms with Gasteiger partial charge in [0.1, 0.15) is 17.9 Å². The first-order valence-corrected chi connectivity index (χ1v) is 14.5. The van der Waals surface area contributed by atoms with Crippen LogP contribution in [-0.2, 0) is 36.8 Å². The second-order valence-electron chi connectivity index (χ2n) is 10.6. The average molecular weight is 629 g/mol. The van der Waals surface area contributed by atoms with Crippen LogP contribution in [-0.4, -0.2) is 90.3 Å². The molecule has 2 aromatic carbocycles. The van der Waals surface area contributed by atoms with Crippen molar-refractivity contribution in [3.63, 3.8) is 0 Å². The zero-order valence-corrected chi connectivity index (χ0v) is 24.6. The van der Waals surface area contributed by atoms with Gasteiger partial charge in [-0.15, -0.1) is 0 Å². The summed E-state index contributed by atoms with van der Waals surface area (Å²) in [6.45, 7) is 3.17. The number of alkyl halides is 3. The molecule has 0 aliphatic carbocycles. The number of hydrogen-bond donors (Lipinski definition) is 5. The molecule has 240 valence electrons. The number of carbonyl (C=O) groups excluding carboxylic acids is 4. The van der Waals surface area contributed by atoms with E-state index >= 15 is 0 Å². The van der Waals surface area contributed by atoms with Crippen molar-refractivity contribution in [3.8, 4) is 0 Å². The topological polar surface area (TPSA) is 156 Å². The number of Topliss-reactive ketones (excluding diaryl/α,β-unsaturated/α-hetero) is 1. The molecule has 0 saturated carbocycles. The second-order valence-corrected chi connectivity index (χ2v) is 10.6. The van der Waals surface area contributed by atoms with E-state index in [9.17, 15) is 32.3 Å². The zero-order chi connectivity index (χ0) is 32.6. The monoisotopic (exact) mass is 628 g/mol. The lowest BCUT2D eigenvalue weighted by Gasteiger charge is -2.29. The number of aromatic amines is 1. The van der Waals surface area contributed by atoms with Crippen LogP contribution in [0.1, 0.15) is 30.0 Å². The van der Waals surface area contributed by atoms with Crippen LogP contribution in [0, 0.1) is 5.41 Å². The largest absolute Gasteiger partial charge is 0.452 e. The van der Waals surface area contributed by atoms with E-state index in [0.29, 0.717) is 59.7 Å². The second kappa shape index (κ2) is 14.8. The fraction of sp³-hybridized carbons (Fsp3) is 0.387. The highest BCUT2D eigenvalue weighted by Crippen LogP contribution is 2.23. The minimum Gasteiger partial charge on any atom is -0.378 e. The number of nitrogens with one attached hydrogen (secondary N) is 5. The van der Waals surface area contributed by atoms with Crippen LogP contribution in [0.3, 0.4) is 0 Å². The van der Waals surface area contributed by atoms with Crippen LogP contribution >= 0.6 is 0 Å². The van der Waals surface area contributed by atoms with Crippen molar-refractivity contribution >= 4 is 40.2 Å². The van der Waals surface area contributed by atoms with Crippen molar-refractivity contribution in [2.45, 2.75) is 44.4 Å². The number of para-hydroxylation sites is 1. The molecule has 2 heterocycles. The summed E-state index contributed by atoms with van der Waals surface area (Å²) in [6, 6.07) is 10.8. The zero-order valence-electron chi connectivity index (χ0n) is 24.6. The Balaban J connectivity index is 1.39. The van der Waals surface area contributed by atoms with Crippen molar-refractivity contribution in [2.75, 3.05) is 32.8 Å². The third-order valence-corrected chi connectivity index (χ3v) is 7.42. The number of H-pyrrole nitrogens is 1. The summed E-state index contributed by atoms with van der Waals surface area (Å²) in [4.78, 5) is 55.0. The highest BCUT2D eigenvalue weighted by atomic mass is 19.4. The molecule has 0 bridgehead atoms. The minimum atomic E-state index is -5.20. The molecule has 2 atom stereocenters. The minimum absolute atomic E-state index is 0.0557.